The second-order valence-corrected chi connectivity index (χ2v) is 3.93. The first kappa shape index (κ1) is 12.5. The second kappa shape index (κ2) is 5.14. The van der Waals surface area contributed by atoms with Crippen molar-refractivity contribution in [3.05, 3.63) is 47.2 Å². The highest BCUT2D eigenvalue weighted by molar-refractivity contribution is 6.30. The van der Waals surface area contributed by atoms with Gasteiger partial charge in [0.2, 0.25) is 0 Å². The fraction of sp³-hybridized carbons (Fsp3) is 0.0769. The molecule has 2 rings (SSSR count). The molecule has 2 aromatic rings. The predicted molar refractivity (Wildman–Crippen MR) is 68.9 cm³/mol. The highest BCUT2D eigenvalue weighted by atomic mass is 35.5. The zero-order chi connectivity index (χ0) is 13.1. The Morgan fingerprint density at radius 2 is 1.67 bits per heavy atom. The highest BCUT2D eigenvalue weighted by Gasteiger charge is 2.12. The average Bonchev–Trinajstić information content (AvgIpc) is 2.37. The van der Waals surface area contributed by atoms with Crippen molar-refractivity contribution in [3.63, 3.8) is 0 Å². The summed E-state index contributed by atoms with van der Waals surface area (Å²) < 4.78 is 24.1. The van der Waals surface area contributed by atoms with E-state index in [2.05, 4.69) is 0 Å². The van der Waals surface area contributed by atoms with Crippen LogP contribution in [0.15, 0.2) is 36.4 Å². The summed E-state index contributed by atoms with van der Waals surface area (Å²) in [5.74, 6) is 0.175. The van der Waals surface area contributed by atoms with Crippen molar-refractivity contribution in [2.75, 3.05) is 12.8 Å². The molecule has 0 saturated heterocycles. The molecule has 0 bridgehead atoms. The Balaban J connectivity index is 2.37. The van der Waals surface area contributed by atoms with Crippen LogP contribution in [0.25, 0.3) is 0 Å². The van der Waals surface area contributed by atoms with Crippen LogP contribution in [-0.4, -0.2) is 7.11 Å². The fourth-order valence-electron chi connectivity index (χ4n) is 1.47. The van der Waals surface area contributed by atoms with Crippen LogP contribution in [0.5, 0.6) is 17.2 Å². The van der Waals surface area contributed by atoms with Crippen molar-refractivity contribution in [2.24, 2.45) is 0 Å². The van der Waals surface area contributed by atoms with Gasteiger partial charge in [0.05, 0.1) is 12.1 Å². The summed E-state index contributed by atoms with van der Waals surface area (Å²) >= 11 is 5.67. The van der Waals surface area contributed by atoms with E-state index in [1.807, 2.05) is 0 Å². The van der Waals surface area contributed by atoms with Crippen LogP contribution >= 0.6 is 11.6 Å². The van der Waals surface area contributed by atoms with Gasteiger partial charge in [0.25, 0.3) is 0 Å². The number of hydrogen-bond donors (Lipinski definition) is 1. The molecule has 0 aliphatic rings. The van der Waals surface area contributed by atoms with E-state index < -0.39 is 5.82 Å². The van der Waals surface area contributed by atoms with Crippen molar-refractivity contribution in [1.82, 2.24) is 0 Å². The number of nitrogens with two attached hydrogens (primary N) is 1. The van der Waals surface area contributed by atoms with Gasteiger partial charge in [0.1, 0.15) is 11.4 Å². The third-order valence-electron chi connectivity index (χ3n) is 2.38. The number of nitrogen functional groups attached to an aromatic ring is 1. The Morgan fingerprint density at radius 3 is 2.39 bits per heavy atom. The fourth-order valence-corrected chi connectivity index (χ4v) is 1.64. The van der Waals surface area contributed by atoms with Crippen molar-refractivity contribution >= 4 is 17.3 Å². The topological polar surface area (TPSA) is 44.5 Å². The van der Waals surface area contributed by atoms with E-state index in [1.165, 1.54) is 19.2 Å². The molecule has 0 spiro atoms. The van der Waals surface area contributed by atoms with Crippen molar-refractivity contribution in [2.45, 2.75) is 0 Å². The number of methoxy groups -OCH3 is 1. The van der Waals surface area contributed by atoms with Gasteiger partial charge in [-0.05, 0) is 24.3 Å². The van der Waals surface area contributed by atoms with E-state index >= 15 is 0 Å². The molecule has 0 amide bonds. The molecule has 0 unspecified atom stereocenters. The van der Waals surface area contributed by atoms with Crippen LogP contribution in [0.1, 0.15) is 0 Å². The van der Waals surface area contributed by atoms with Crippen molar-refractivity contribution in [3.8, 4) is 17.2 Å². The van der Waals surface area contributed by atoms with E-state index in [0.717, 1.165) is 0 Å². The summed E-state index contributed by atoms with van der Waals surface area (Å²) in [7, 11) is 1.50. The summed E-state index contributed by atoms with van der Waals surface area (Å²) in [6.07, 6.45) is 0. The summed E-state index contributed by atoms with van der Waals surface area (Å²) in [6, 6.07) is 9.53. The van der Waals surface area contributed by atoms with Crippen LogP contribution in [-0.2, 0) is 0 Å². The maximum absolute atomic E-state index is 13.7. The lowest BCUT2D eigenvalue weighted by molar-refractivity contribution is 0.409. The minimum Gasteiger partial charge on any atom is -0.494 e. The molecule has 0 atom stereocenters. The number of benzene rings is 2. The van der Waals surface area contributed by atoms with Crippen LogP contribution in [0.2, 0.25) is 5.02 Å². The summed E-state index contributed by atoms with van der Waals surface area (Å²) in [5, 5.41) is -0.00559. The SMILES string of the molecule is COc1cccc(Oc2cccc(Cl)c2F)c1N. The molecule has 94 valence electrons. The first-order valence-corrected chi connectivity index (χ1v) is 5.55. The van der Waals surface area contributed by atoms with Gasteiger partial charge in [-0.1, -0.05) is 23.7 Å². The Bertz CT molecular complexity index is 575. The van der Waals surface area contributed by atoms with Gasteiger partial charge in [-0.25, -0.2) is 4.39 Å². The average molecular weight is 268 g/mol. The lowest BCUT2D eigenvalue weighted by Crippen LogP contribution is -1.97. The zero-order valence-electron chi connectivity index (χ0n) is 9.61. The van der Waals surface area contributed by atoms with Gasteiger partial charge in [-0.3, -0.25) is 0 Å². The van der Waals surface area contributed by atoms with Gasteiger partial charge in [0, 0.05) is 0 Å². The molecule has 18 heavy (non-hydrogen) atoms. The molecule has 0 saturated carbocycles. The molecule has 3 nitrogen and oxygen atoms in total. The maximum atomic E-state index is 13.7. The van der Waals surface area contributed by atoms with Gasteiger partial charge < -0.3 is 15.2 Å². The Labute approximate surface area is 109 Å². The van der Waals surface area contributed by atoms with Crippen molar-refractivity contribution < 1.29 is 13.9 Å². The van der Waals surface area contributed by atoms with E-state index in [1.54, 1.807) is 24.3 Å². The van der Waals surface area contributed by atoms with Crippen molar-refractivity contribution in [1.29, 1.82) is 0 Å². The summed E-state index contributed by atoms with van der Waals surface area (Å²) in [6.45, 7) is 0. The minimum atomic E-state index is -0.624. The molecular formula is C13H11ClFNO2. The quantitative estimate of drug-likeness (QED) is 0.859. The maximum Gasteiger partial charge on any atom is 0.184 e. The minimum absolute atomic E-state index is 0.00559. The first-order chi connectivity index (χ1) is 8.63. The van der Waals surface area contributed by atoms with Crippen LogP contribution in [0.3, 0.4) is 0 Å². The molecule has 0 aliphatic heterocycles. The Kier molecular flexibility index (Phi) is 3.58. The standard InChI is InChI=1S/C13H11ClFNO2/c1-17-10-6-3-7-11(13(10)16)18-9-5-2-4-8(14)12(9)15/h2-7H,16H2,1H3. The monoisotopic (exact) mass is 267 g/mol. The molecule has 5 heteroatoms. The summed E-state index contributed by atoms with van der Waals surface area (Å²) in [4.78, 5) is 0. The summed E-state index contributed by atoms with van der Waals surface area (Å²) in [5.41, 5.74) is 6.13. The van der Waals surface area contributed by atoms with Gasteiger partial charge in [0.15, 0.2) is 17.3 Å². The van der Waals surface area contributed by atoms with Crippen LogP contribution in [0.4, 0.5) is 10.1 Å². The van der Waals surface area contributed by atoms with E-state index in [9.17, 15) is 4.39 Å². The molecule has 0 radical (unpaired) electrons. The Hall–Kier alpha value is -1.94. The predicted octanol–water partition coefficient (Wildman–Crippen LogP) is 3.86. The number of rotatable bonds is 3. The number of halogens is 2. The smallest absolute Gasteiger partial charge is 0.184 e. The van der Waals surface area contributed by atoms with Gasteiger partial charge in [-0.15, -0.1) is 0 Å². The third-order valence-corrected chi connectivity index (χ3v) is 2.67. The molecule has 0 aliphatic carbocycles. The lowest BCUT2D eigenvalue weighted by Gasteiger charge is -2.12. The number of ether oxygens (including phenoxy) is 2. The van der Waals surface area contributed by atoms with Crippen LogP contribution in [0, 0.1) is 5.82 Å². The van der Waals surface area contributed by atoms with Gasteiger partial charge >= 0.3 is 0 Å². The normalized spacial score (nSPS) is 10.2. The molecule has 0 aromatic heterocycles. The van der Waals surface area contributed by atoms with E-state index in [0.29, 0.717) is 17.2 Å². The molecule has 0 heterocycles. The largest absolute Gasteiger partial charge is 0.494 e. The van der Waals surface area contributed by atoms with E-state index in [4.69, 9.17) is 26.8 Å². The lowest BCUT2D eigenvalue weighted by atomic mass is 10.2. The zero-order valence-corrected chi connectivity index (χ0v) is 10.4. The molecule has 2 N–H and O–H groups in total. The third kappa shape index (κ3) is 2.33. The second-order valence-electron chi connectivity index (χ2n) is 3.53. The molecular weight excluding hydrogens is 257 g/mol. The molecule has 2 aromatic carbocycles. The number of hydrogen-bond acceptors (Lipinski definition) is 3. The number of para-hydroxylation sites is 1. The van der Waals surface area contributed by atoms with E-state index in [-0.39, 0.29) is 10.8 Å². The first-order valence-electron chi connectivity index (χ1n) is 5.18. The highest BCUT2D eigenvalue weighted by Crippen LogP contribution is 2.36. The molecule has 0 fully saturated rings. The number of anilines is 1. The van der Waals surface area contributed by atoms with Crippen LogP contribution < -0.4 is 15.2 Å². The Morgan fingerprint density at radius 1 is 1.06 bits per heavy atom. The van der Waals surface area contributed by atoms with Gasteiger partial charge in [-0.2, -0.15) is 0 Å².